The van der Waals surface area contributed by atoms with E-state index in [2.05, 4.69) is 4.98 Å². The molecule has 4 nitrogen and oxygen atoms in total. The molecule has 1 heterocycles. The van der Waals surface area contributed by atoms with E-state index >= 15 is 0 Å². The molecule has 0 radical (unpaired) electrons. The van der Waals surface area contributed by atoms with Gasteiger partial charge in [-0.1, -0.05) is 12.1 Å². The van der Waals surface area contributed by atoms with Gasteiger partial charge in [-0.25, -0.2) is 9.78 Å². The van der Waals surface area contributed by atoms with Crippen molar-refractivity contribution < 1.29 is 15.0 Å². The van der Waals surface area contributed by atoms with E-state index in [0.29, 0.717) is 16.5 Å². The lowest BCUT2D eigenvalue weighted by atomic mass is 10.0. The molecule has 0 fully saturated rings. The van der Waals surface area contributed by atoms with Crippen LogP contribution in [0.1, 0.15) is 28.0 Å². The second-order valence-electron chi connectivity index (χ2n) is 4.24. The van der Waals surface area contributed by atoms with Crippen LogP contribution in [0.25, 0.3) is 10.9 Å². The van der Waals surface area contributed by atoms with E-state index in [0.717, 1.165) is 30.5 Å². The summed E-state index contributed by atoms with van der Waals surface area (Å²) in [6.07, 6.45) is 2.48. The minimum Gasteiger partial charge on any atom is -0.506 e. The fraction of sp³-hybridized carbons (Fsp3) is 0.231. The first kappa shape index (κ1) is 10.1. The summed E-state index contributed by atoms with van der Waals surface area (Å²) < 4.78 is 0. The number of hydrogen-bond acceptors (Lipinski definition) is 3. The van der Waals surface area contributed by atoms with Crippen LogP contribution in [0, 0.1) is 0 Å². The smallest absolute Gasteiger partial charge is 0.336 e. The SMILES string of the molecule is O=C(O)c1c2c(nc3c(O)cccc13)CCC2. The molecule has 0 spiro atoms. The van der Waals surface area contributed by atoms with E-state index in [1.807, 2.05) is 0 Å². The summed E-state index contributed by atoms with van der Waals surface area (Å²) in [5, 5.41) is 19.6. The van der Waals surface area contributed by atoms with Crippen molar-refractivity contribution >= 4 is 16.9 Å². The monoisotopic (exact) mass is 229 g/mol. The van der Waals surface area contributed by atoms with E-state index in [-0.39, 0.29) is 5.75 Å². The van der Waals surface area contributed by atoms with Gasteiger partial charge in [-0.05, 0) is 30.9 Å². The Labute approximate surface area is 97.5 Å². The topological polar surface area (TPSA) is 70.4 Å². The maximum atomic E-state index is 11.4. The van der Waals surface area contributed by atoms with Crippen LogP contribution in [-0.4, -0.2) is 21.2 Å². The molecule has 2 N–H and O–H groups in total. The summed E-state index contributed by atoms with van der Waals surface area (Å²) >= 11 is 0. The van der Waals surface area contributed by atoms with Crippen LogP contribution < -0.4 is 0 Å². The predicted molar refractivity (Wildman–Crippen MR) is 62.4 cm³/mol. The number of aromatic nitrogens is 1. The lowest BCUT2D eigenvalue weighted by molar-refractivity contribution is 0.0698. The molecule has 86 valence electrons. The lowest BCUT2D eigenvalue weighted by Crippen LogP contribution is -2.05. The van der Waals surface area contributed by atoms with Gasteiger partial charge >= 0.3 is 5.97 Å². The summed E-state index contributed by atoms with van der Waals surface area (Å²) in [7, 11) is 0. The molecule has 0 saturated carbocycles. The number of aromatic carboxylic acids is 1. The number of benzene rings is 1. The molecule has 0 saturated heterocycles. The summed E-state index contributed by atoms with van der Waals surface area (Å²) in [6.45, 7) is 0. The Kier molecular flexibility index (Phi) is 2.04. The van der Waals surface area contributed by atoms with Crippen molar-refractivity contribution in [1.29, 1.82) is 0 Å². The average Bonchev–Trinajstić information content (AvgIpc) is 2.74. The number of phenolic OH excluding ortho intramolecular Hbond substituents is 1. The highest BCUT2D eigenvalue weighted by Gasteiger charge is 2.24. The highest BCUT2D eigenvalue weighted by atomic mass is 16.4. The van der Waals surface area contributed by atoms with E-state index in [4.69, 9.17) is 0 Å². The molecular weight excluding hydrogens is 218 g/mol. The summed E-state index contributed by atoms with van der Waals surface area (Å²) in [5.74, 6) is -0.902. The third-order valence-corrected chi connectivity index (χ3v) is 3.24. The Morgan fingerprint density at radius 3 is 2.88 bits per heavy atom. The molecular formula is C13H11NO3. The minimum absolute atomic E-state index is 0.0414. The van der Waals surface area contributed by atoms with Gasteiger partial charge in [0.1, 0.15) is 11.3 Å². The zero-order chi connectivity index (χ0) is 12.0. The van der Waals surface area contributed by atoms with Crippen molar-refractivity contribution in [2.75, 3.05) is 0 Å². The first-order valence-corrected chi connectivity index (χ1v) is 5.55. The van der Waals surface area contributed by atoms with E-state index < -0.39 is 5.97 Å². The third-order valence-electron chi connectivity index (χ3n) is 3.24. The molecule has 0 bridgehead atoms. The average molecular weight is 229 g/mol. The number of para-hydroxylation sites is 1. The first-order valence-electron chi connectivity index (χ1n) is 5.55. The van der Waals surface area contributed by atoms with Gasteiger partial charge in [0.2, 0.25) is 0 Å². The van der Waals surface area contributed by atoms with Crippen molar-refractivity contribution in [2.45, 2.75) is 19.3 Å². The molecule has 1 aromatic carbocycles. The van der Waals surface area contributed by atoms with Crippen LogP contribution in [0.4, 0.5) is 0 Å². The molecule has 1 aliphatic rings. The van der Waals surface area contributed by atoms with Gasteiger partial charge in [-0.2, -0.15) is 0 Å². The number of carbonyl (C=O) groups is 1. The molecule has 0 unspecified atom stereocenters. The molecule has 4 heteroatoms. The number of aryl methyl sites for hydroxylation is 1. The van der Waals surface area contributed by atoms with Crippen LogP contribution in [0.2, 0.25) is 0 Å². The number of nitrogens with zero attached hydrogens (tertiary/aromatic N) is 1. The normalized spacial score (nSPS) is 13.9. The number of carboxylic acids is 1. The quantitative estimate of drug-likeness (QED) is 0.785. The van der Waals surface area contributed by atoms with Crippen LogP contribution in [0.15, 0.2) is 18.2 Å². The van der Waals surface area contributed by atoms with Crippen LogP contribution in [-0.2, 0) is 12.8 Å². The Bertz CT molecular complexity index is 634. The second-order valence-corrected chi connectivity index (χ2v) is 4.24. The van der Waals surface area contributed by atoms with E-state index in [1.54, 1.807) is 12.1 Å². The lowest BCUT2D eigenvalue weighted by Gasteiger charge is -2.09. The summed E-state index contributed by atoms with van der Waals surface area (Å²) in [6, 6.07) is 4.87. The van der Waals surface area contributed by atoms with Gasteiger partial charge in [0.25, 0.3) is 0 Å². The maximum absolute atomic E-state index is 11.4. The summed E-state index contributed by atoms with van der Waals surface area (Å²) in [5.41, 5.74) is 2.34. The van der Waals surface area contributed by atoms with Crippen molar-refractivity contribution in [3.63, 3.8) is 0 Å². The fourth-order valence-electron chi connectivity index (χ4n) is 2.51. The highest BCUT2D eigenvalue weighted by Crippen LogP contribution is 2.33. The minimum atomic E-state index is -0.943. The van der Waals surface area contributed by atoms with Gasteiger partial charge in [0, 0.05) is 11.1 Å². The Balaban J connectivity index is 2.49. The molecule has 0 aliphatic heterocycles. The van der Waals surface area contributed by atoms with Crippen molar-refractivity contribution in [2.24, 2.45) is 0 Å². The standard InChI is InChI=1S/C13H11NO3/c15-10-6-2-4-8-11(13(16)17)7-3-1-5-9(7)14-12(8)10/h2,4,6,15H,1,3,5H2,(H,16,17). The molecule has 0 amide bonds. The number of hydrogen-bond donors (Lipinski definition) is 2. The molecule has 0 atom stereocenters. The van der Waals surface area contributed by atoms with Gasteiger partial charge in [-0.3, -0.25) is 0 Å². The molecule has 3 rings (SSSR count). The molecule has 1 aliphatic carbocycles. The van der Waals surface area contributed by atoms with Crippen LogP contribution >= 0.6 is 0 Å². The van der Waals surface area contributed by atoms with Gasteiger partial charge in [0.05, 0.1) is 5.56 Å². The zero-order valence-electron chi connectivity index (χ0n) is 9.10. The molecule has 2 aromatic rings. The van der Waals surface area contributed by atoms with Crippen LogP contribution in [0.5, 0.6) is 5.75 Å². The van der Waals surface area contributed by atoms with Crippen LogP contribution in [0.3, 0.4) is 0 Å². The Hall–Kier alpha value is -2.10. The number of pyridine rings is 1. The maximum Gasteiger partial charge on any atom is 0.336 e. The van der Waals surface area contributed by atoms with Crippen molar-refractivity contribution in [3.05, 3.63) is 35.0 Å². The van der Waals surface area contributed by atoms with E-state index in [1.165, 1.54) is 6.07 Å². The second kappa shape index (κ2) is 3.45. The largest absolute Gasteiger partial charge is 0.506 e. The van der Waals surface area contributed by atoms with Gasteiger partial charge < -0.3 is 10.2 Å². The Morgan fingerprint density at radius 2 is 2.12 bits per heavy atom. The number of phenols is 1. The van der Waals surface area contributed by atoms with Gasteiger partial charge in [0.15, 0.2) is 0 Å². The first-order chi connectivity index (χ1) is 8.18. The number of fused-ring (bicyclic) bond motifs is 2. The van der Waals surface area contributed by atoms with Crippen molar-refractivity contribution in [1.82, 2.24) is 4.98 Å². The summed E-state index contributed by atoms with van der Waals surface area (Å²) in [4.78, 5) is 15.8. The predicted octanol–water partition coefficient (Wildman–Crippen LogP) is 2.13. The fourth-order valence-corrected chi connectivity index (χ4v) is 2.51. The number of aromatic hydroxyl groups is 1. The van der Waals surface area contributed by atoms with Gasteiger partial charge in [-0.15, -0.1) is 0 Å². The van der Waals surface area contributed by atoms with E-state index in [9.17, 15) is 15.0 Å². The highest BCUT2D eigenvalue weighted by molar-refractivity contribution is 6.05. The molecule has 17 heavy (non-hydrogen) atoms. The Morgan fingerprint density at radius 1 is 1.29 bits per heavy atom. The number of rotatable bonds is 1. The molecule has 1 aromatic heterocycles. The van der Waals surface area contributed by atoms with Crippen molar-refractivity contribution in [3.8, 4) is 5.75 Å². The zero-order valence-corrected chi connectivity index (χ0v) is 9.10. The number of carboxylic acid groups (broad SMARTS) is 1. The third kappa shape index (κ3) is 1.37.